The van der Waals surface area contributed by atoms with E-state index >= 15 is 0 Å². The van der Waals surface area contributed by atoms with Gasteiger partial charge in [0.2, 0.25) is 0 Å². The van der Waals surface area contributed by atoms with Crippen molar-refractivity contribution in [2.24, 2.45) is 0 Å². The summed E-state index contributed by atoms with van der Waals surface area (Å²) in [6.07, 6.45) is 3.25. The van der Waals surface area contributed by atoms with Crippen molar-refractivity contribution in [1.29, 1.82) is 0 Å². The molecule has 0 bridgehead atoms. The Kier molecular flexibility index (Phi) is 6.98. The molecule has 0 aliphatic heterocycles. The van der Waals surface area contributed by atoms with Gasteiger partial charge in [0.25, 0.3) is 10.0 Å². The first-order chi connectivity index (χ1) is 14.8. The molecule has 2 amide bonds. The van der Waals surface area contributed by atoms with Crippen LogP contribution in [0, 0.1) is 0 Å². The van der Waals surface area contributed by atoms with E-state index in [1.165, 1.54) is 48.5 Å². The van der Waals surface area contributed by atoms with E-state index in [1.807, 2.05) is 6.07 Å². The number of pyridine rings is 1. The second kappa shape index (κ2) is 9.85. The summed E-state index contributed by atoms with van der Waals surface area (Å²) in [4.78, 5) is 15.8. The smallest absolute Gasteiger partial charge is 0.387 e. The molecular formula is C20H18F2N4O4S. The van der Waals surface area contributed by atoms with Gasteiger partial charge in [0.05, 0.1) is 10.6 Å². The molecule has 0 radical (unpaired) electrons. The highest BCUT2D eigenvalue weighted by atomic mass is 32.2. The summed E-state index contributed by atoms with van der Waals surface area (Å²) in [7, 11) is -4.07. The van der Waals surface area contributed by atoms with Crippen molar-refractivity contribution in [2.75, 3.05) is 10.0 Å². The lowest BCUT2D eigenvalue weighted by atomic mass is 10.3. The van der Waals surface area contributed by atoms with Crippen LogP contribution in [-0.2, 0) is 16.6 Å². The number of amides is 2. The van der Waals surface area contributed by atoms with Crippen LogP contribution in [0.15, 0.2) is 78.0 Å². The van der Waals surface area contributed by atoms with E-state index in [0.29, 0.717) is 5.69 Å². The summed E-state index contributed by atoms with van der Waals surface area (Å²) < 4.78 is 56.7. The summed E-state index contributed by atoms with van der Waals surface area (Å²) in [5.41, 5.74) is 1.06. The van der Waals surface area contributed by atoms with E-state index in [2.05, 4.69) is 25.1 Å². The predicted molar refractivity (Wildman–Crippen MR) is 110 cm³/mol. The molecular weight excluding hydrogens is 430 g/mol. The lowest BCUT2D eigenvalue weighted by Crippen LogP contribution is -2.28. The second-order valence-corrected chi connectivity index (χ2v) is 7.86. The van der Waals surface area contributed by atoms with Crippen molar-refractivity contribution in [3.05, 3.63) is 78.6 Å². The number of carbonyl (C=O) groups excluding carboxylic acids is 1. The van der Waals surface area contributed by atoms with E-state index in [0.717, 1.165) is 5.56 Å². The molecule has 162 valence electrons. The molecule has 3 N–H and O–H groups in total. The Bertz CT molecular complexity index is 1130. The number of ether oxygens (including phenoxy) is 1. The number of hydrogen-bond acceptors (Lipinski definition) is 5. The maximum absolute atomic E-state index is 12.6. The average Bonchev–Trinajstić information content (AvgIpc) is 2.74. The van der Waals surface area contributed by atoms with E-state index in [1.54, 1.807) is 18.5 Å². The van der Waals surface area contributed by atoms with Gasteiger partial charge in [-0.3, -0.25) is 9.71 Å². The van der Waals surface area contributed by atoms with Crippen LogP contribution >= 0.6 is 0 Å². The quantitative estimate of drug-likeness (QED) is 0.486. The number of rotatable bonds is 8. The highest BCUT2D eigenvalue weighted by molar-refractivity contribution is 7.92. The monoisotopic (exact) mass is 448 g/mol. The molecule has 11 heteroatoms. The molecule has 0 unspecified atom stereocenters. The van der Waals surface area contributed by atoms with E-state index in [9.17, 15) is 22.0 Å². The number of nitrogens with one attached hydrogen (secondary N) is 3. The number of halogens is 2. The topological polar surface area (TPSA) is 109 Å². The minimum atomic E-state index is -4.07. The van der Waals surface area contributed by atoms with Gasteiger partial charge in [0, 0.05) is 24.6 Å². The van der Waals surface area contributed by atoms with Gasteiger partial charge in [-0.1, -0.05) is 18.2 Å². The van der Waals surface area contributed by atoms with Crippen LogP contribution in [0.3, 0.4) is 0 Å². The molecule has 1 aromatic heterocycles. The number of urea groups is 1. The second-order valence-electron chi connectivity index (χ2n) is 6.17. The molecule has 3 aromatic rings. The fraction of sp³-hybridized carbons (Fsp3) is 0.100. The highest BCUT2D eigenvalue weighted by Crippen LogP contribution is 2.28. The van der Waals surface area contributed by atoms with Gasteiger partial charge in [-0.05, 0) is 48.0 Å². The van der Waals surface area contributed by atoms with Gasteiger partial charge in [-0.25, -0.2) is 13.2 Å². The predicted octanol–water partition coefficient (Wildman–Crippen LogP) is 3.81. The molecule has 0 aliphatic carbocycles. The number of aromatic nitrogens is 1. The van der Waals surface area contributed by atoms with Gasteiger partial charge >= 0.3 is 12.6 Å². The van der Waals surface area contributed by atoms with Crippen molar-refractivity contribution >= 4 is 27.4 Å². The number of benzene rings is 2. The molecule has 3 rings (SSSR count). The Morgan fingerprint density at radius 1 is 1.03 bits per heavy atom. The Labute approximate surface area is 177 Å². The molecule has 8 nitrogen and oxygen atoms in total. The molecule has 2 aromatic carbocycles. The third kappa shape index (κ3) is 6.37. The highest BCUT2D eigenvalue weighted by Gasteiger charge is 2.18. The zero-order valence-corrected chi connectivity index (χ0v) is 16.8. The lowest BCUT2D eigenvalue weighted by Gasteiger charge is -2.13. The number of para-hydroxylation sites is 2. The minimum absolute atomic E-state index is 0.124. The van der Waals surface area contributed by atoms with Gasteiger partial charge in [0.1, 0.15) is 5.75 Å². The molecule has 0 fully saturated rings. The van der Waals surface area contributed by atoms with Gasteiger partial charge < -0.3 is 15.4 Å². The number of alkyl halides is 2. The van der Waals surface area contributed by atoms with Gasteiger partial charge in [0.15, 0.2) is 0 Å². The van der Waals surface area contributed by atoms with Crippen LogP contribution in [0.1, 0.15) is 5.56 Å². The number of hydrogen-bond donors (Lipinski definition) is 3. The zero-order chi connectivity index (χ0) is 22.3. The van der Waals surface area contributed by atoms with Crippen LogP contribution in [0.2, 0.25) is 0 Å². The maximum atomic E-state index is 12.6. The number of nitrogens with zero attached hydrogens (tertiary/aromatic N) is 1. The Morgan fingerprint density at radius 3 is 2.45 bits per heavy atom. The lowest BCUT2D eigenvalue weighted by molar-refractivity contribution is -0.0493. The zero-order valence-electron chi connectivity index (χ0n) is 16.0. The van der Waals surface area contributed by atoms with Crippen LogP contribution in [0.5, 0.6) is 5.75 Å². The van der Waals surface area contributed by atoms with Crippen molar-refractivity contribution in [2.45, 2.75) is 18.1 Å². The molecule has 0 saturated heterocycles. The van der Waals surface area contributed by atoms with Gasteiger partial charge in [-0.15, -0.1) is 0 Å². The van der Waals surface area contributed by atoms with E-state index in [4.69, 9.17) is 0 Å². The SMILES string of the molecule is O=C(NCc1cccnc1)Nc1ccc(S(=O)(=O)Nc2ccccc2OC(F)F)cc1. The molecule has 31 heavy (non-hydrogen) atoms. The summed E-state index contributed by atoms with van der Waals surface area (Å²) >= 11 is 0. The van der Waals surface area contributed by atoms with Crippen LogP contribution < -0.4 is 20.1 Å². The summed E-state index contributed by atoms with van der Waals surface area (Å²) in [6.45, 7) is -2.82. The molecule has 0 saturated carbocycles. The normalized spacial score (nSPS) is 11.1. The number of sulfonamides is 1. The van der Waals surface area contributed by atoms with Crippen LogP contribution in [0.4, 0.5) is 25.0 Å². The molecule has 1 heterocycles. The summed E-state index contributed by atoms with van der Waals surface area (Å²) in [5.74, 6) is -0.301. The van der Waals surface area contributed by atoms with E-state index in [-0.39, 0.29) is 22.9 Å². The Hall–Kier alpha value is -3.73. The third-order valence-corrected chi connectivity index (χ3v) is 5.33. The first-order valence-electron chi connectivity index (χ1n) is 8.94. The van der Waals surface area contributed by atoms with E-state index < -0.39 is 22.7 Å². The van der Waals surface area contributed by atoms with Crippen molar-refractivity contribution in [3.63, 3.8) is 0 Å². The summed E-state index contributed by atoms with van der Waals surface area (Å²) in [6, 6.07) is 13.9. The minimum Gasteiger partial charge on any atom is -0.433 e. The standard InChI is InChI=1S/C20H18F2N4O4S/c21-19(22)30-18-6-2-1-5-17(18)26-31(28,29)16-9-7-15(8-10-16)25-20(27)24-13-14-4-3-11-23-12-14/h1-12,19,26H,13H2,(H2,24,25,27). The number of carbonyl (C=O) groups is 1. The van der Waals surface area contributed by atoms with Crippen LogP contribution in [-0.4, -0.2) is 26.0 Å². The molecule has 0 spiro atoms. The van der Waals surface area contributed by atoms with Crippen molar-refractivity contribution < 1.29 is 26.7 Å². The largest absolute Gasteiger partial charge is 0.433 e. The molecule has 0 aliphatic rings. The molecule has 0 atom stereocenters. The average molecular weight is 448 g/mol. The number of anilines is 2. The van der Waals surface area contributed by atoms with Crippen LogP contribution in [0.25, 0.3) is 0 Å². The van der Waals surface area contributed by atoms with Crippen molar-refractivity contribution in [1.82, 2.24) is 10.3 Å². The van der Waals surface area contributed by atoms with Gasteiger partial charge in [-0.2, -0.15) is 8.78 Å². The Morgan fingerprint density at radius 2 is 1.77 bits per heavy atom. The maximum Gasteiger partial charge on any atom is 0.387 e. The Balaban J connectivity index is 1.63. The third-order valence-electron chi connectivity index (χ3n) is 3.95. The summed E-state index contributed by atoms with van der Waals surface area (Å²) in [5, 5.41) is 5.23. The first kappa shape index (κ1) is 22.0. The first-order valence-corrected chi connectivity index (χ1v) is 10.4. The fourth-order valence-corrected chi connectivity index (χ4v) is 3.60. The fourth-order valence-electron chi connectivity index (χ4n) is 2.53. The van der Waals surface area contributed by atoms with Crippen molar-refractivity contribution in [3.8, 4) is 5.75 Å².